The van der Waals surface area contributed by atoms with E-state index in [0.29, 0.717) is 18.6 Å². The Morgan fingerprint density at radius 3 is 2.10 bits per heavy atom. The topological polar surface area (TPSA) is 26.3 Å². The SMILES string of the molecule is C=C(CCCc1ccccc1)C(=O)OCc1ccccc1. The van der Waals surface area contributed by atoms with Crippen molar-refractivity contribution in [1.29, 1.82) is 0 Å². The standard InChI is InChI=1S/C19H20O2/c1-16(9-8-14-17-10-4-2-5-11-17)19(20)21-15-18-12-6-3-7-13-18/h2-7,10-13H,1,8-9,14-15H2. The fraction of sp³-hybridized carbons (Fsp3) is 0.211. The smallest absolute Gasteiger partial charge is 0.333 e. The Kier molecular flexibility index (Phi) is 5.77. The normalized spacial score (nSPS) is 10.1. The van der Waals surface area contributed by atoms with Gasteiger partial charge in [0.25, 0.3) is 0 Å². The lowest BCUT2D eigenvalue weighted by molar-refractivity contribution is -0.140. The van der Waals surface area contributed by atoms with Crippen LogP contribution in [-0.4, -0.2) is 5.97 Å². The Morgan fingerprint density at radius 1 is 0.905 bits per heavy atom. The van der Waals surface area contributed by atoms with E-state index in [4.69, 9.17) is 4.74 Å². The average Bonchev–Trinajstić information content (AvgIpc) is 2.54. The van der Waals surface area contributed by atoms with Gasteiger partial charge in [0.05, 0.1) is 0 Å². The zero-order valence-electron chi connectivity index (χ0n) is 12.1. The van der Waals surface area contributed by atoms with Crippen LogP contribution in [0, 0.1) is 0 Å². The summed E-state index contributed by atoms with van der Waals surface area (Å²) in [5.74, 6) is -0.299. The largest absolute Gasteiger partial charge is 0.457 e. The summed E-state index contributed by atoms with van der Waals surface area (Å²) >= 11 is 0. The monoisotopic (exact) mass is 280 g/mol. The van der Waals surface area contributed by atoms with Crippen molar-refractivity contribution < 1.29 is 9.53 Å². The van der Waals surface area contributed by atoms with E-state index in [2.05, 4.69) is 18.7 Å². The molecule has 2 aromatic rings. The lowest BCUT2D eigenvalue weighted by Crippen LogP contribution is -2.07. The van der Waals surface area contributed by atoms with Crippen LogP contribution in [0.4, 0.5) is 0 Å². The van der Waals surface area contributed by atoms with E-state index in [1.807, 2.05) is 48.5 Å². The molecule has 0 heterocycles. The van der Waals surface area contributed by atoms with Crippen molar-refractivity contribution in [2.75, 3.05) is 0 Å². The third-order valence-corrected chi connectivity index (χ3v) is 3.29. The fourth-order valence-electron chi connectivity index (χ4n) is 2.08. The van der Waals surface area contributed by atoms with E-state index in [9.17, 15) is 4.79 Å². The minimum absolute atomic E-state index is 0.299. The van der Waals surface area contributed by atoms with Crippen LogP contribution >= 0.6 is 0 Å². The number of hydrogen-bond donors (Lipinski definition) is 0. The Balaban J connectivity index is 1.69. The van der Waals surface area contributed by atoms with Gasteiger partial charge in [-0.2, -0.15) is 0 Å². The first-order valence-corrected chi connectivity index (χ1v) is 7.18. The fourth-order valence-corrected chi connectivity index (χ4v) is 2.08. The first kappa shape index (κ1) is 15.0. The van der Waals surface area contributed by atoms with Crippen LogP contribution in [0.5, 0.6) is 0 Å². The number of hydrogen-bond acceptors (Lipinski definition) is 2. The Labute approximate surface area is 126 Å². The second-order valence-corrected chi connectivity index (χ2v) is 5.00. The molecule has 0 aromatic heterocycles. The maximum absolute atomic E-state index is 11.8. The van der Waals surface area contributed by atoms with Crippen molar-refractivity contribution in [3.63, 3.8) is 0 Å². The van der Waals surface area contributed by atoms with Gasteiger partial charge < -0.3 is 4.74 Å². The van der Waals surface area contributed by atoms with Crippen LogP contribution in [-0.2, 0) is 22.6 Å². The average molecular weight is 280 g/mol. The molecule has 2 heteroatoms. The molecule has 2 rings (SSSR count). The van der Waals surface area contributed by atoms with Crippen LogP contribution in [0.25, 0.3) is 0 Å². The predicted molar refractivity (Wildman–Crippen MR) is 84.8 cm³/mol. The van der Waals surface area contributed by atoms with Gasteiger partial charge in [-0.25, -0.2) is 4.79 Å². The highest BCUT2D eigenvalue weighted by molar-refractivity contribution is 5.87. The summed E-state index contributed by atoms with van der Waals surface area (Å²) < 4.78 is 5.25. The number of ether oxygens (including phenoxy) is 1. The second kappa shape index (κ2) is 8.05. The maximum Gasteiger partial charge on any atom is 0.333 e. The molecule has 21 heavy (non-hydrogen) atoms. The van der Waals surface area contributed by atoms with Gasteiger partial charge >= 0.3 is 5.97 Å². The van der Waals surface area contributed by atoms with Crippen LogP contribution in [0.2, 0.25) is 0 Å². The molecular formula is C19H20O2. The highest BCUT2D eigenvalue weighted by Gasteiger charge is 2.08. The van der Waals surface area contributed by atoms with Gasteiger partial charge in [-0.05, 0) is 30.4 Å². The number of rotatable bonds is 7. The third kappa shape index (κ3) is 5.27. The lowest BCUT2D eigenvalue weighted by atomic mass is 10.1. The molecule has 0 radical (unpaired) electrons. The summed E-state index contributed by atoms with van der Waals surface area (Å²) in [4.78, 5) is 11.8. The molecule has 0 fully saturated rings. The molecule has 0 atom stereocenters. The van der Waals surface area contributed by atoms with Crippen molar-refractivity contribution >= 4 is 5.97 Å². The van der Waals surface area contributed by atoms with Crippen LogP contribution in [0.1, 0.15) is 24.0 Å². The molecule has 0 aliphatic carbocycles. The number of carbonyl (C=O) groups excluding carboxylic acids is 1. The molecule has 2 nitrogen and oxygen atoms in total. The second-order valence-electron chi connectivity index (χ2n) is 5.00. The summed E-state index contributed by atoms with van der Waals surface area (Å²) in [5, 5.41) is 0. The van der Waals surface area contributed by atoms with Gasteiger partial charge in [-0.15, -0.1) is 0 Å². The molecular weight excluding hydrogens is 260 g/mol. The summed E-state index contributed by atoms with van der Waals surface area (Å²) in [6.07, 6.45) is 2.53. The maximum atomic E-state index is 11.8. The van der Waals surface area contributed by atoms with Gasteiger partial charge in [-0.1, -0.05) is 67.2 Å². The van der Waals surface area contributed by atoms with Gasteiger partial charge in [-0.3, -0.25) is 0 Å². The summed E-state index contributed by atoms with van der Waals surface area (Å²) in [6, 6.07) is 19.9. The quantitative estimate of drug-likeness (QED) is 0.558. The number of aryl methyl sites for hydroxylation is 1. The van der Waals surface area contributed by atoms with E-state index in [0.717, 1.165) is 18.4 Å². The molecule has 0 unspecified atom stereocenters. The van der Waals surface area contributed by atoms with Crippen molar-refractivity contribution in [3.05, 3.63) is 83.9 Å². The van der Waals surface area contributed by atoms with E-state index >= 15 is 0 Å². The van der Waals surface area contributed by atoms with Gasteiger partial charge in [0, 0.05) is 5.57 Å². The Hall–Kier alpha value is -2.35. The molecule has 0 saturated carbocycles. The zero-order valence-corrected chi connectivity index (χ0v) is 12.1. The molecule has 0 amide bonds. The van der Waals surface area contributed by atoms with Gasteiger partial charge in [0.15, 0.2) is 0 Å². The summed E-state index contributed by atoms with van der Waals surface area (Å²) in [5.41, 5.74) is 2.81. The molecule has 2 aromatic carbocycles. The zero-order chi connectivity index (χ0) is 14.9. The molecule has 108 valence electrons. The first-order valence-electron chi connectivity index (χ1n) is 7.18. The van der Waals surface area contributed by atoms with E-state index in [1.54, 1.807) is 0 Å². The minimum Gasteiger partial charge on any atom is -0.457 e. The molecule has 0 aliphatic heterocycles. The molecule has 0 N–H and O–H groups in total. The van der Waals surface area contributed by atoms with Crippen molar-refractivity contribution in [2.45, 2.75) is 25.9 Å². The van der Waals surface area contributed by atoms with Crippen LogP contribution < -0.4 is 0 Å². The molecule has 0 saturated heterocycles. The van der Waals surface area contributed by atoms with E-state index in [1.165, 1.54) is 5.56 Å². The van der Waals surface area contributed by atoms with Gasteiger partial charge in [0.1, 0.15) is 6.61 Å². The summed E-state index contributed by atoms with van der Waals surface area (Å²) in [7, 11) is 0. The van der Waals surface area contributed by atoms with Crippen LogP contribution in [0.3, 0.4) is 0 Å². The third-order valence-electron chi connectivity index (χ3n) is 3.29. The number of carbonyl (C=O) groups is 1. The van der Waals surface area contributed by atoms with Crippen LogP contribution in [0.15, 0.2) is 72.8 Å². The van der Waals surface area contributed by atoms with Crippen molar-refractivity contribution in [2.24, 2.45) is 0 Å². The van der Waals surface area contributed by atoms with Gasteiger partial charge in [0.2, 0.25) is 0 Å². The number of esters is 1. The molecule has 0 aliphatic rings. The lowest BCUT2D eigenvalue weighted by Gasteiger charge is -2.07. The van der Waals surface area contributed by atoms with Crippen molar-refractivity contribution in [3.8, 4) is 0 Å². The Bertz CT molecular complexity index is 573. The predicted octanol–water partition coefficient (Wildman–Crippen LogP) is 4.31. The molecule has 0 bridgehead atoms. The summed E-state index contributed by atoms with van der Waals surface area (Å²) in [6.45, 7) is 4.13. The highest BCUT2D eigenvalue weighted by atomic mass is 16.5. The number of benzene rings is 2. The van der Waals surface area contributed by atoms with E-state index in [-0.39, 0.29) is 5.97 Å². The minimum atomic E-state index is -0.299. The Morgan fingerprint density at radius 2 is 1.48 bits per heavy atom. The molecule has 0 spiro atoms. The first-order chi connectivity index (χ1) is 10.3. The van der Waals surface area contributed by atoms with E-state index < -0.39 is 0 Å². The highest BCUT2D eigenvalue weighted by Crippen LogP contribution is 2.11. The van der Waals surface area contributed by atoms with Crippen molar-refractivity contribution in [1.82, 2.24) is 0 Å².